The molecule has 0 aliphatic heterocycles. The highest BCUT2D eigenvalue weighted by atomic mass is 16.5. The molecule has 0 saturated carbocycles. The first-order valence-corrected chi connectivity index (χ1v) is 3.91. The highest BCUT2D eigenvalue weighted by molar-refractivity contribution is 5.82. The van der Waals surface area contributed by atoms with Gasteiger partial charge >= 0.3 is 0 Å². The van der Waals surface area contributed by atoms with Gasteiger partial charge in [-0.25, -0.2) is 0 Å². The first-order valence-electron chi connectivity index (χ1n) is 3.91. The minimum absolute atomic E-state index is 0.186. The van der Waals surface area contributed by atoms with Crippen LogP contribution in [0.25, 0.3) is 0 Å². The lowest BCUT2D eigenvalue weighted by Gasteiger charge is -2.07. The highest BCUT2D eigenvalue weighted by Crippen LogP contribution is 1.97. The minimum Gasteiger partial charge on any atom is -0.385 e. The predicted molar refractivity (Wildman–Crippen MR) is 44.0 cm³/mol. The predicted octanol–water partition coefficient (Wildman–Crippen LogP) is -0.0106. The largest absolute Gasteiger partial charge is 0.385 e. The zero-order valence-electron chi connectivity index (χ0n) is 7.58. The zero-order chi connectivity index (χ0) is 9.40. The summed E-state index contributed by atoms with van der Waals surface area (Å²) in [6.45, 7) is 0.767. The van der Waals surface area contributed by atoms with Gasteiger partial charge in [-0.1, -0.05) is 0 Å². The third-order valence-corrected chi connectivity index (χ3v) is 1.52. The third kappa shape index (κ3) is 5.23. The molecule has 1 N–H and O–H groups in total. The van der Waals surface area contributed by atoms with Gasteiger partial charge in [0, 0.05) is 33.7 Å². The van der Waals surface area contributed by atoms with Crippen molar-refractivity contribution >= 4 is 5.78 Å². The summed E-state index contributed by atoms with van der Waals surface area (Å²) in [5.41, 5.74) is 0. The number of aliphatic hydroxyl groups is 1. The normalized spacial score (nSPS) is 12.9. The number of aliphatic hydroxyl groups excluding tert-OH is 1. The standard InChI is InChI=1S/C8H16O4/c1-11-5-3-7(9)8(10)4-6-12-2/h7,9H,3-6H2,1-2H3. The number of rotatable bonds is 7. The molecule has 12 heavy (non-hydrogen) atoms. The van der Waals surface area contributed by atoms with Crippen LogP contribution >= 0.6 is 0 Å². The van der Waals surface area contributed by atoms with E-state index in [1.165, 1.54) is 14.2 Å². The van der Waals surface area contributed by atoms with Gasteiger partial charge in [-0.15, -0.1) is 0 Å². The van der Waals surface area contributed by atoms with Crippen LogP contribution in [0.5, 0.6) is 0 Å². The lowest BCUT2D eigenvalue weighted by atomic mass is 10.1. The molecule has 1 unspecified atom stereocenters. The van der Waals surface area contributed by atoms with E-state index in [1.54, 1.807) is 0 Å². The van der Waals surface area contributed by atoms with Gasteiger partial charge in [-0.2, -0.15) is 0 Å². The minimum atomic E-state index is -0.903. The molecule has 1 atom stereocenters. The molecule has 0 aromatic carbocycles. The van der Waals surface area contributed by atoms with Crippen molar-refractivity contribution in [1.29, 1.82) is 0 Å². The average molecular weight is 176 g/mol. The third-order valence-electron chi connectivity index (χ3n) is 1.52. The number of hydrogen-bond donors (Lipinski definition) is 1. The molecular weight excluding hydrogens is 160 g/mol. The zero-order valence-corrected chi connectivity index (χ0v) is 7.58. The van der Waals surface area contributed by atoms with Crippen molar-refractivity contribution in [3.05, 3.63) is 0 Å². The summed E-state index contributed by atoms with van der Waals surface area (Å²) in [5, 5.41) is 9.19. The molecule has 0 heterocycles. The second-order valence-electron chi connectivity index (χ2n) is 2.51. The summed E-state index contributed by atoms with van der Waals surface area (Å²) in [7, 11) is 3.06. The molecule has 4 heteroatoms. The fourth-order valence-corrected chi connectivity index (χ4v) is 0.760. The Kier molecular flexibility index (Phi) is 6.94. The maximum absolute atomic E-state index is 11.0. The van der Waals surface area contributed by atoms with E-state index in [4.69, 9.17) is 9.47 Å². The average Bonchev–Trinajstić information content (AvgIpc) is 2.10. The Bertz CT molecular complexity index is 124. The molecule has 0 radical (unpaired) electrons. The molecule has 0 aromatic rings. The number of hydrogen-bond acceptors (Lipinski definition) is 4. The monoisotopic (exact) mass is 176 g/mol. The van der Waals surface area contributed by atoms with E-state index in [2.05, 4.69) is 0 Å². The van der Waals surface area contributed by atoms with Crippen LogP contribution in [0.1, 0.15) is 12.8 Å². The Hall–Kier alpha value is -0.450. The van der Waals surface area contributed by atoms with Gasteiger partial charge in [0.05, 0.1) is 6.61 Å². The van der Waals surface area contributed by atoms with Crippen molar-refractivity contribution in [2.45, 2.75) is 18.9 Å². The SMILES string of the molecule is COCCC(=O)C(O)CCOC. The van der Waals surface area contributed by atoms with Crippen LogP contribution < -0.4 is 0 Å². The molecule has 0 fully saturated rings. The quantitative estimate of drug-likeness (QED) is 0.592. The number of carbonyl (C=O) groups is 1. The van der Waals surface area contributed by atoms with Crippen molar-refractivity contribution in [2.24, 2.45) is 0 Å². The fraction of sp³-hybridized carbons (Fsp3) is 0.875. The van der Waals surface area contributed by atoms with Crippen molar-refractivity contribution in [3.63, 3.8) is 0 Å². The Labute approximate surface area is 72.5 Å². The second kappa shape index (κ2) is 7.21. The van der Waals surface area contributed by atoms with Crippen LogP contribution in [-0.2, 0) is 14.3 Å². The molecular formula is C8H16O4. The van der Waals surface area contributed by atoms with Crippen LogP contribution in [0, 0.1) is 0 Å². The van der Waals surface area contributed by atoms with Gasteiger partial charge in [-0.05, 0) is 0 Å². The lowest BCUT2D eigenvalue weighted by Crippen LogP contribution is -2.22. The molecule has 0 saturated heterocycles. The van der Waals surface area contributed by atoms with Crippen LogP contribution in [0.2, 0.25) is 0 Å². The molecule has 72 valence electrons. The molecule has 0 aliphatic rings. The van der Waals surface area contributed by atoms with E-state index in [-0.39, 0.29) is 12.2 Å². The van der Waals surface area contributed by atoms with Gasteiger partial charge in [0.2, 0.25) is 0 Å². The Morgan fingerprint density at radius 1 is 1.33 bits per heavy atom. The second-order valence-corrected chi connectivity index (χ2v) is 2.51. The summed E-state index contributed by atoms with van der Waals surface area (Å²) >= 11 is 0. The van der Waals surface area contributed by atoms with E-state index in [1.807, 2.05) is 0 Å². The van der Waals surface area contributed by atoms with Gasteiger partial charge in [-0.3, -0.25) is 4.79 Å². The van der Waals surface area contributed by atoms with E-state index in [0.717, 1.165) is 0 Å². The summed E-state index contributed by atoms with van der Waals surface area (Å²) in [6, 6.07) is 0. The summed E-state index contributed by atoms with van der Waals surface area (Å²) in [5.74, 6) is -0.186. The first kappa shape index (κ1) is 11.6. The van der Waals surface area contributed by atoms with Gasteiger partial charge in [0.1, 0.15) is 6.10 Å². The highest BCUT2D eigenvalue weighted by Gasteiger charge is 2.13. The number of ketones is 1. The molecule has 4 nitrogen and oxygen atoms in total. The van der Waals surface area contributed by atoms with Gasteiger partial charge in [0.15, 0.2) is 5.78 Å². The van der Waals surface area contributed by atoms with E-state index >= 15 is 0 Å². The molecule has 0 spiro atoms. The van der Waals surface area contributed by atoms with Crippen LogP contribution in [0.3, 0.4) is 0 Å². The Morgan fingerprint density at radius 2 is 1.92 bits per heavy atom. The number of Topliss-reactive ketones (excluding diaryl/α,β-unsaturated/α-hetero) is 1. The topological polar surface area (TPSA) is 55.8 Å². The van der Waals surface area contributed by atoms with Crippen molar-refractivity contribution < 1.29 is 19.4 Å². The molecule has 0 amide bonds. The van der Waals surface area contributed by atoms with E-state index in [9.17, 15) is 9.90 Å². The molecule has 0 bridgehead atoms. The van der Waals surface area contributed by atoms with Gasteiger partial charge < -0.3 is 14.6 Å². The van der Waals surface area contributed by atoms with Crippen molar-refractivity contribution in [1.82, 2.24) is 0 Å². The Morgan fingerprint density at radius 3 is 2.42 bits per heavy atom. The van der Waals surface area contributed by atoms with E-state index < -0.39 is 6.10 Å². The Balaban J connectivity index is 3.47. The van der Waals surface area contributed by atoms with Crippen LogP contribution in [0.15, 0.2) is 0 Å². The number of methoxy groups -OCH3 is 2. The maximum atomic E-state index is 11.0. The van der Waals surface area contributed by atoms with Gasteiger partial charge in [0.25, 0.3) is 0 Å². The van der Waals surface area contributed by atoms with Crippen molar-refractivity contribution in [3.8, 4) is 0 Å². The van der Waals surface area contributed by atoms with Crippen molar-refractivity contribution in [2.75, 3.05) is 27.4 Å². The van der Waals surface area contributed by atoms with Crippen LogP contribution in [-0.4, -0.2) is 44.4 Å². The number of ether oxygens (including phenoxy) is 2. The summed E-state index contributed by atoms with van der Waals surface area (Å²) < 4.78 is 9.43. The van der Waals surface area contributed by atoms with E-state index in [0.29, 0.717) is 19.6 Å². The maximum Gasteiger partial charge on any atom is 0.163 e. The van der Waals surface area contributed by atoms with Crippen LogP contribution in [0.4, 0.5) is 0 Å². The first-order chi connectivity index (χ1) is 5.72. The fourth-order valence-electron chi connectivity index (χ4n) is 0.760. The molecule has 0 aromatic heterocycles. The molecule has 0 aliphatic carbocycles. The lowest BCUT2D eigenvalue weighted by molar-refractivity contribution is -0.128. The molecule has 0 rings (SSSR count). The smallest absolute Gasteiger partial charge is 0.163 e. The summed E-state index contributed by atoms with van der Waals surface area (Å²) in [4.78, 5) is 11.0. The number of carbonyl (C=O) groups excluding carboxylic acids is 1. The summed E-state index contributed by atoms with van der Waals surface area (Å²) in [6.07, 6.45) is -0.277.